The zero-order valence-corrected chi connectivity index (χ0v) is 10.7. The summed E-state index contributed by atoms with van der Waals surface area (Å²) < 4.78 is 0. The smallest absolute Gasteiger partial charge is 0.238 e. The van der Waals surface area contributed by atoms with E-state index in [4.69, 9.17) is 5.73 Å². The van der Waals surface area contributed by atoms with Crippen LogP contribution in [0.2, 0.25) is 0 Å². The lowest BCUT2D eigenvalue weighted by molar-refractivity contribution is -0.116. The molecule has 0 spiro atoms. The molecule has 1 aromatic carbocycles. The van der Waals surface area contributed by atoms with E-state index >= 15 is 0 Å². The van der Waals surface area contributed by atoms with E-state index in [2.05, 4.69) is 10.6 Å². The Morgan fingerprint density at radius 1 is 1.17 bits per heavy atom. The van der Waals surface area contributed by atoms with Gasteiger partial charge in [-0.25, -0.2) is 0 Å². The minimum Gasteiger partial charge on any atom is -0.326 e. The third kappa shape index (κ3) is 3.85. The van der Waals surface area contributed by atoms with E-state index in [9.17, 15) is 9.59 Å². The maximum Gasteiger partial charge on any atom is 0.238 e. The minimum absolute atomic E-state index is 0.0251. The van der Waals surface area contributed by atoms with Crippen LogP contribution in [0.4, 0.5) is 11.4 Å². The van der Waals surface area contributed by atoms with Gasteiger partial charge in [-0.1, -0.05) is 13.0 Å². The van der Waals surface area contributed by atoms with Crippen LogP contribution in [0.25, 0.3) is 0 Å². The minimum atomic E-state index is -0.255. The first kappa shape index (κ1) is 14.2. The molecule has 2 amide bonds. The molecule has 4 N–H and O–H groups in total. The van der Waals surface area contributed by atoms with Crippen molar-refractivity contribution in [3.63, 3.8) is 0 Å². The fourth-order valence-corrected chi connectivity index (χ4v) is 1.55. The van der Waals surface area contributed by atoms with Gasteiger partial charge in [0.15, 0.2) is 0 Å². The first-order valence-corrected chi connectivity index (χ1v) is 5.97. The Kier molecular flexibility index (Phi) is 5.32. The summed E-state index contributed by atoms with van der Waals surface area (Å²) in [5, 5.41) is 5.51. The average Bonchev–Trinajstić information content (AvgIpc) is 2.34. The third-order valence-corrected chi connectivity index (χ3v) is 2.54. The van der Waals surface area contributed by atoms with Crippen molar-refractivity contribution in [3.8, 4) is 0 Å². The highest BCUT2D eigenvalue weighted by Crippen LogP contribution is 2.23. The van der Waals surface area contributed by atoms with E-state index < -0.39 is 0 Å². The molecule has 0 bridgehead atoms. The number of nitrogens with one attached hydrogen (secondary N) is 2. The van der Waals surface area contributed by atoms with Crippen LogP contribution in [0.5, 0.6) is 0 Å². The summed E-state index contributed by atoms with van der Waals surface area (Å²) in [6.45, 7) is 3.73. The van der Waals surface area contributed by atoms with Crippen LogP contribution in [0, 0.1) is 6.92 Å². The zero-order chi connectivity index (χ0) is 13.5. The number of nitrogens with two attached hydrogens (primary N) is 1. The largest absolute Gasteiger partial charge is 0.326 e. The maximum absolute atomic E-state index is 11.5. The molecule has 1 rings (SSSR count). The van der Waals surface area contributed by atoms with Gasteiger partial charge in [0.25, 0.3) is 0 Å². The molecule has 0 saturated heterocycles. The lowest BCUT2D eigenvalue weighted by atomic mass is 10.1. The third-order valence-electron chi connectivity index (χ3n) is 2.54. The van der Waals surface area contributed by atoms with Crippen molar-refractivity contribution < 1.29 is 9.59 Å². The van der Waals surface area contributed by atoms with Crippen LogP contribution in [0.1, 0.15) is 25.3 Å². The first-order valence-electron chi connectivity index (χ1n) is 5.97. The van der Waals surface area contributed by atoms with Crippen molar-refractivity contribution in [3.05, 3.63) is 23.8 Å². The summed E-state index contributed by atoms with van der Waals surface area (Å²) in [5.74, 6) is -0.280. The molecule has 98 valence electrons. The van der Waals surface area contributed by atoms with Gasteiger partial charge in [-0.15, -0.1) is 0 Å². The molecule has 0 aliphatic rings. The van der Waals surface area contributed by atoms with Crippen LogP contribution >= 0.6 is 0 Å². The molecular formula is C13H19N3O2. The number of anilines is 2. The monoisotopic (exact) mass is 249 g/mol. The molecule has 0 heterocycles. The van der Waals surface area contributed by atoms with E-state index in [-0.39, 0.29) is 18.4 Å². The molecule has 1 aromatic rings. The Labute approximate surface area is 107 Å². The van der Waals surface area contributed by atoms with E-state index in [0.717, 1.165) is 12.0 Å². The molecule has 0 unspecified atom stereocenters. The van der Waals surface area contributed by atoms with Crippen molar-refractivity contribution in [2.24, 2.45) is 5.73 Å². The van der Waals surface area contributed by atoms with Crippen molar-refractivity contribution in [2.75, 3.05) is 17.2 Å². The van der Waals surface area contributed by atoms with Crippen LogP contribution in [0.15, 0.2) is 18.2 Å². The summed E-state index contributed by atoms with van der Waals surface area (Å²) in [4.78, 5) is 22.8. The fourth-order valence-electron chi connectivity index (χ4n) is 1.55. The maximum atomic E-state index is 11.5. The quantitative estimate of drug-likeness (QED) is 0.741. The Morgan fingerprint density at radius 2 is 1.72 bits per heavy atom. The molecule has 0 radical (unpaired) electrons. The van der Waals surface area contributed by atoms with Gasteiger partial charge in [-0.3, -0.25) is 9.59 Å². The topological polar surface area (TPSA) is 84.2 Å². The van der Waals surface area contributed by atoms with Gasteiger partial charge >= 0.3 is 0 Å². The number of hydrogen-bond donors (Lipinski definition) is 3. The molecule has 0 aliphatic carbocycles. The second kappa shape index (κ2) is 6.76. The normalized spacial score (nSPS) is 9.94. The van der Waals surface area contributed by atoms with Gasteiger partial charge < -0.3 is 16.4 Å². The molecule has 5 heteroatoms. The highest BCUT2D eigenvalue weighted by atomic mass is 16.2. The lowest BCUT2D eigenvalue weighted by Crippen LogP contribution is -2.22. The fraction of sp³-hybridized carbons (Fsp3) is 0.385. The van der Waals surface area contributed by atoms with Gasteiger partial charge in [0.05, 0.1) is 6.54 Å². The van der Waals surface area contributed by atoms with Crippen molar-refractivity contribution in [2.45, 2.75) is 26.7 Å². The summed E-state index contributed by atoms with van der Waals surface area (Å²) in [5.41, 5.74) is 7.45. The molecule has 5 nitrogen and oxygen atoms in total. The molecule has 0 fully saturated rings. The predicted molar refractivity (Wildman–Crippen MR) is 72.4 cm³/mol. The van der Waals surface area contributed by atoms with E-state index in [1.54, 1.807) is 18.2 Å². The van der Waals surface area contributed by atoms with Gasteiger partial charge in [0, 0.05) is 17.8 Å². The second-order valence-corrected chi connectivity index (χ2v) is 4.03. The van der Waals surface area contributed by atoms with Gasteiger partial charge in [0.1, 0.15) is 0 Å². The van der Waals surface area contributed by atoms with Gasteiger partial charge in [0.2, 0.25) is 11.8 Å². The Hall–Kier alpha value is -1.88. The average molecular weight is 249 g/mol. The van der Waals surface area contributed by atoms with Crippen molar-refractivity contribution in [1.82, 2.24) is 0 Å². The Morgan fingerprint density at radius 3 is 2.22 bits per heavy atom. The number of hydrogen-bond acceptors (Lipinski definition) is 3. The number of rotatable bonds is 5. The Bertz CT molecular complexity index is 444. The second-order valence-electron chi connectivity index (χ2n) is 4.03. The van der Waals surface area contributed by atoms with Crippen LogP contribution in [-0.4, -0.2) is 18.4 Å². The summed E-state index contributed by atoms with van der Waals surface area (Å²) in [6, 6.07) is 5.36. The van der Waals surface area contributed by atoms with Crippen molar-refractivity contribution >= 4 is 23.2 Å². The first-order chi connectivity index (χ1) is 8.58. The predicted octanol–water partition coefficient (Wildman–Crippen LogP) is 1.63. The molecule has 0 aromatic heterocycles. The zero-order valence-electron chi connectivity index (χ0n) is 10.7. The standard InChI is InChI=1S/C13H19N3O2/c1-3-5-12(17)15-10-6-4-7-11(9(10)2)16-13(18)8-14/h4,6-7H,3,5,8,14H2,1-2H3,(H,15,17)(H,16,18). The van der Waals surface area contributed by atoms with E-state index in [0.29, 0.717) is 17.8 Å². The number of amides is 2. The van der Waals surface area contributed by atoms with Crippen molar-refractivity contribution in [1.29, 1.82) is 0 Å². The molecule has 0 saturated carbocycles. The molecule has 0 atom stereocenters. The molecular weight excluding hydrogens is 230 g/mol. The highest BCUT2D eigenvalue weighted by Gasteiger charge is 2.08. The summed E-state index contributed by atoms with van der Waals surface area (Å²) in [6.07, 6.45) is 1.29. The van der Waals surface area contributed by atoms with E-state index in [1.165, 1.54) is 0 Å². The SMILES string of the molecule is CCCC(=O)Nc1cccc(NC(=O)CN)c1C. The molecule has 0 aliphatic heterocycles. The number of carbonyl (C=O) groups is 2. The number of carbonyl (C=O) groups excluding carboxylic acids is 2. The lowest BCUT2D eigenvalue weighted by Gasteiger charge is -2.12. The van der Waals surface area contributed by atoms with Gasteiger partial charge in [-0.05, 0) is 31.0 Å². The van der Waals surface area contributed by atoms with Crippen LogP contribution in [0.3, 0.4) is 0 Å². The summed E-state index contributed by atoms with van der Waals surface area (Å²) in [7, 11) is 0. The van der Waals surface area contributed by atoms with Crippen LogP contribution in [-0.2, 0) is 9.59 Å². The van der Waals surface area contributed by atoms with Gasteiger partial charge in [-0.2, -0.15) is 0 Å². The number of benzene rings is 1. The summed E-state index contributed by atoms with van der Waals surface area (Å²) >= 11 is 0. The molecule has 18 heavy (non-hydrogen) atoms. The van der Waals surface area contributed by atoms with E-state index in [1.807, 2.05) is 13.8 Å². The Balaban J connectivity index is 2.84. The highest BCUT2D eigenvalue weighted by molar-refractivity contribution is 5.96. The van der Waals surface area contributed by atoms with Crippen LogP contribution < -0.4 is 16.4 Å².